The highest BCUT2D eigenvalue weighted by Crippen LogP contribution is 2.11. The van der Waals surface area contributed by atoms with E-state index in [2.05, 4.69) is 20.6 Å². The molecule has 3 aromatic rings. The summed E-state index contributed by atoms with van der Waals surface area (Å²) in [5.41, 5.74) is 3.21. The number of benzene rings is 1. The molecule has 5 nitrogen and oxygen atoms in total. The molecular weight excluding hydrogens is 348 g/mol. The molecule has 0 bridgehead atoms. The van der Waals surface area contributed by atoms with Crippen LogP contribution in [-0.4, -0.2) is 22.4 Å². The molecule has 3 rings (SSSR count). The topological polar surface area (TPSA) is 66.9 Å². The number of aromatic nitrogens is 2. The second kappa shape index (κ2) is 8.97. The Labute approximate surface area is 157 Å². The highest BCUT2D eigenvalue weighted by Gasteiger charge is 2.07. The monoisotopic (exact) mass is 366 g/mol. The first-order valence-electron chi connectivity index (χ1n) is 8.33. The summed E-state index contributed by atoms with van der Waals surface area (Å²) in [6.07, 6.45) is 4.08. The Morgan fingerprint density at radius 3 is 2.73 bits per heavy atom. The third-order valence-electron chi connectivity index (χ3n) is 3.78. The third-order valence-corrected chi connectivity index (χ3v) is 4.02. The Bertz CT molecular complexity index is 870. The Kier molecular flexibility index (Phi) is 6.17. The Balaban J connectivity index is 1.52. The summed E-state index contributed by atoms with van der Waals surface area (Å²) in [4.78, 5) is 20.7. The van der Waals surface area contributed by atoms with E-state index >= 15 is 0 Å². The van der Waals surface area contributed by atoms with Gasteiger partial charge in [-0.1, -0.05) is 29.8 Å². The van der Waals surface area contributed by atoms with E-state index in [0.29, 0.717) is 30.2 Å². The molecule has 0 spiro atoms. The molecule has 0 unspecified atom stereocenters. The van der Waals surface area contributed by atoms with Crippen molar-refractivity contribution in [1.29, 1.82) is 0 Å². The first kappa shape index (κ1) is 17.9. The summed E-state index contributed by atoms with van der Waals surface area (Å²) in [6.45, 7) is 1.10. The number of amides is 1. The van der Waals surface area contributed by atoms with Crippen molar-refractivity contribution < 1.29 is 4.79 Å². The minimum Gasteiger partial charge on any atom is -0.379 e. The predicted molar refractivity (Wildman–Crippen MR) is 103 cm³/mol. The maximum Gasteiger partial charge on any atom is 0.269 e. The summed E-state index contributed by atoms with van der Waals surface area (Å²) in [5, 5.41) is 6.83. The minimum atomic E-state index is -0.200. The molecule has 0 radical (unpaired) electrons. The Morgan fingerprint density at radius 1 is 1.00 bits per heavy atom. The molecule has 1 amide bonds. The van der Waals surface area contributed by atoms with E-state index in [0.717, 1.165) is 16.9 Å². The van der Waals surface area contributed by atoms with E-state index in [4.69, 9.17) is 11.6 Å². The van der Waals surface area contributed by atoms with Crippen molar-refractivity contribution in [3.63, 3.8) is 0 Å². The Morgan fingerprint density at radius 2 is 1.92 bits per heavy atom. The molecule has 0 saturated carbocycles. The van der Waals surface area contributed by atoms with Gasteiger partial charge in [-0.05, 0) is 48.4 Å². The fourth-order valence-electron chi connectivity index (χ4n) is 2.46. The molecule has 0 atom stereocenters. The zero-order valence-corrected chi connectivity index (χ0v) is 14.9. The lowest BCUT2D eigenvalue weighted by Crippen LogP contribution is -2.26. The third kappa shape index (κ3) is 5.29. The number of nitrogens with one attached hydrogen (secondary N) is 2. The van der Waals surface area contributed by atoms with Crippen molar-refractivity contribution >= 4 is 23.2 Å². The number of carbonyl (C=O) groups is 1. The molecule has 2 N–H and O–H groups in total. The lowest BCUT2D eigenvalue weighted by Gasteiger charge is -2.08. The molecular formula is C20H19ClN4O. The van der Waals surface area contributed by atoms with Gasteiger partial charge in [0.2, 0.25) is 0 Å². The number of hydrogen-bond donors (Lipinski definition) is 2. The van der Waals surface area contributed by atoms with Gasteiger partial charge < -0.3 is 10.6 Å². The fourth-order valence-corrected chi connectivity index (χ4v) is 2.68. The van der Waals surface area contributed by atoms with Crippen molar-refractivity contribution in [1.82, 2.24) is 15.3 Å². The van der Waals surface area contributed by atoms with Crippen LogP contribution in [0.1, 0.15) is 21.7 Å². The van der Waals surface area contributed by atoms with Crippen LogP contribution in [0.3, 0.4) is 0 Å². The molecule has 2 heterocycles. The number of carbonyl (C=O) groups excluding carboxylic acids is 1. The van der Waals surface area contributed by atoms with Crippen LogP contribution >= 0.6 is 11.6 Å². The van der Waals surface area contributed by atoms with Crippen molar-refractivity contribution in [2.24, 2.45) is 0 Å². The first-order valence-corrected chi connectivity index (χ1v) is 8.71. The van der Waals surface area contributed by atoms with Crippen LogP contribution in [0.25, 0.3) is 0 Å². The molecule has 0 aliphatic rings. The van der Waals surface area contributed by atoms with Gasteiger partial charge in [-0.15, -0.1) is 0 Å². The van der Waals surface area contributed by atoms with E-state index in [-0.39, 0.29) is 5.91 Å². The number of rotatable bonds is 7. The lowest BCUT2D eigenvalue weighted by molar-refractivity contribution is 0.0949. The molecule has 26 heavy (non-hydrogen) atoms. The number of nitrogens with zero attached hydrogens (tertiary/aromatic N) is 2. The van der Waals surface area contributed by atoms with Gasteiger partial charge in [0.05, 0.1) is 12.2 Å². The highest BCUT2D eigenvalue weighted by atomic mass is 35.5. The summed E-state index contributed by atoms with van der Waals surface area (Å²) in [5.74, 6) is -0.200. The first-order chi connectivity index (χ1) is 12.7. The van der Waals surface area contributed by atoms with Crippen LogP contribution < -0.4 is 10.6 Å². The van der Waals surface area contributed by atoms with Crippen LogP contribution in [0.4, 0.5) is 5.69 Å². The van der Waals surface area contributed by atoms with Crippen LogP contribution in [-0.2, 0) is 13.0 Å². The van der Waals surface area contributed by atoms with Crippen molar-refractivity contribution in [3.8, 4) is 0 Å². The molecule has 0 aliphatic heterocycles. The maximum absolute atomic E-state index is 12.3. The molecule has 1 aromatic carbocycles. The van der Waals surface area contributed by atoms with E-state index in [1.54, 1.807) is 18.5 Å². The number of hydrogen-bond acceptors (Lipinski definition) is 4. The van der Waals surface area contributed by atoms with Gasteiger partial charge in [-0.3, -0.25) is 14.8 Å². The van der Waals surface area contributed by atoms with Gasteiger partial charge in [0.15, 0.2) is 0 Å². The average Bonchev–Trinajstić information content (AvgIpc) is 2.67. The van der Waals surface area contributed by atoms with Gasteiger partial charge in [0.25, 0.3) is 5.91 Å². The summed E-state index contributed by atoms with van der Waals surface area (Å²) >= 11 is 5.96. The van der Waals surface area contributed by atoms with Gasteiger partial charge >= 0.3 is 0 Å². The number of pyridine rings is 2. The van der Waals surface area contributed by atoms with Gasteiger partial charge in [0, 0.05) is 29.6 Å². The fraction of sp³-hybridized carbons (Fsp3) is 0.150. The zero-order valence-electron chi connectivity index (χ0n) is 14.2. The lowest BCUT2D eigenvalue weighted by atomic mass is 10.1. The minimum absolute atomic E-state index is 0.200. The largest absolute Gasteiger partial charge is 0.379 e. The van der Waals surface area contributed by atoms with E-state index in [1.165, 1.54) is 0 Å². The summed E-state index contributed by atoms with van der Waals surface area (Å²) < 4.78 is 0. The summed E-state index contributed by atoms with van der Waals surface area (Å²) in [6, 6.07) is 16.9. The molecule has 0 aliphatic carbocycles. The van der Waals surface area contributed by atoms with Gasteiger partial charge in [-0.2, -0.15) is 0 Å². The normalized spacial score (nSPS) is 10.3. The summed E-state index contributed by atoms with van der Waals surface area (Å²) in [7, 11) is 0. The Hall–Kier alpha value is -2.92. The van der Waals surface area contributed by atoms with Crippen LogP contribution in [0.2, 0.25) is 5.02 Å². The average molecular weight is 367 g/mol. The van der Waals surface area contributed by atoms with Crippen LogP contribution in [0.15, 0.2) is 67.0 Å². The molecule has 132 valence electrons. The van der Waals surface area contributed by atoms with Crippen LogP contribution in [0.5, 0.6) is 0 Å². The van der Waals surface area contributed by atoms with E-state index in [9.17, 15) is 4.79 Å². The predicted octanol–water partition coefficient (Wildman–Crippen LogP) is 3.71. The molecule has 2 aromatic heterocycles. The van der Waals surface area contributed by atoms with Gasteiger partial charge in [-0.25, -0.2) is 0 Å². The van der Waals surface area contributed by atoms with Crippen molar-refractivity contribution in [3.05, 3.63) is 89.0 Å². The van der Waals surface area contributed by atoms with E-state index in [1.807, 2.05) is 48.5 Å². The second-order valence-electron chi connectivity index (χ2n) is 5.74. The number of anilines is 1. The molecule has 6 heteroatoms. The highest BCUT2D eigenvalue weighted by molar-refractivity contribution is 6.30. The zero-order chi connectivity index (χ0) is 18.2. The standard InChI is InChI=1S/C20H19ClN4O/c21-16-5-3-4-15(12-16)7-10-24-20(26)19-13-17(8-11-23-19)25-14-18-6-1-2-9-22-18/h1-6,8-9,11-13H,7,10,14H2,(H,23,25)(H,24,26). The SMILES string of the molecule is O=C(NCCc1cccc(Cl)c1)c1cc(NCc2ccccn2)ccn1. The van der Waals surface area contributed by atoms with Crippen molar-refractivity contribution in [2.45, 2.75) is 13.0 Å². The van der Waals surface area contributed by atoms with E-state index < -0.39 is 0 Å². The quantitative estimate of drug-likeness (QED) is 0.668. The second-order valence-corrected chi connectivity index (χ2v) is 6.18. The smallest absolute Gasteiger partial charge is 0.269 e. The van der Waals surface area contributed by atoms with Crippen LogP contribution in [0, 0.1) is 0 Å². The maximum atomic E-state index is 12.3. The number of halogens is 1. The molecule has 0 saturated heterocycles. The van der Waals surface area contributed by atoms with Gasteiger partial charge in [0.1, 0.15) is 5.69 Å². The molecule has 0 fully saturated rings. The van der Waals surface area contributed by atoms with Crippen molar-refractivity contribution in [2.75, 3.05) is 11.9 Å².